The van der Waals surface area contributed by atoms with E-state index in [9.17, 15) is 17.6 Å². The molecule has 0 aromatic heterocycles. The van der Waals surface area contributed by atoms with Crippen LogP contribution in [0.25, 0.3) is 11.1 Å². The lowest BCUT2D eigenvalue weighted by Gasteiger charge is -2.29. The molecule has 1 fully saturated rings. The first-order valence-corrected chi connectivity index (χ1v) is 10.9. The highest BCUT2D eigenvalue weighted by atomic mass is 19.4. The van der Waals surface area contributed by atoms with Crippen molar-refractivity contribution in [1.82, 2.24) is 0 Å². The van der Waals surface area contributed by atoms with E-state index in [1.165, 1.54) is 25.7 Å². The van der Waals surface area contributed by atoms with Gasteiger partial charge in [-0.1, -0.05) is 44.0 Å². The quantitative estimate of drug-likeness (QED) is 0.464. The zero-order valence-electron chi connectivity index (χ0n) is 17.3. The van der Waals surface area contributed by atoms with E-state index in [4.69, 9.17) is 4.74 Å². The molecule has 1 aliphatic carbocycles. The molecule has 1 aliphatic heterocycles. The second-order valence-electron chi connectivity index (χ2n) is 8.77. The highest BCUT2D eigenvalue weighted by Gasteiger charge is 2.42. The summed E-state index contributed by atoms with van der Waals surface area (Å²) in [6.07, 6.45) is 0.832. The molecular weight excluding hydrogens is 392 g/mol. The second kappa shape index (κ2) is 8.70. The van der Waals surface area contributed by atoms with Gasteiger partial charge in [0, 0.05) is 12.0 Å². The number of hydrogen-bond acceptors (Lipinski definition) is 1. The first-order chi connectivity index (χ1) is 14.3. The van der Waals surface area contributed by atoms with Gasteiger partial charge in [-0.2, -0.15) is 13.2 Å². The van der Waals surface area contributed by atoms with Gasteiger partial charge in [0.2, 0.25) is 0 Å². The van der Waals surface area contributed by atoms with Crippen LogP contribution in [0, 0.1) is 11.7 Å². The summed E-state index contributed by atoms with van der Waals surface area (Å²) in [6, 6.07) is 10.6. The Kier molecular flexibility index (Phi) is 6.19. The van der Waals surface area contributed by atoms with Crippen molar-refractivity contribution in [3.8, 4) is 11.1 Å². The molecule has 1 unspecified atom stereocenters. The predicted molar refractivity (Wildman–Crippen MR) is 110 cm³/mol. The van der Waals surface area contributed by atoms with Crippen LogP contribution in [0.2, 0.25) is 0 Å². The van der Waals surface area contributed by atoms with Crippen molar-refractivity contribution in [3.63, 3.8) is 0 Å². The fourth-order valence-electron chi connectivity index (χ4n) is 5.00. The van der Waals surface area contributed by atoms with Gasteiger partial charge >= 0.3 is 6.18 Å². The summed E-state index contributed by atoms with van der Waals surface area (Å²) >= 11 is 0. The van der Waals surface area contributed by atoms with E-state index in [1.54, 1.807) is 24.3 Å². The molecule has 5 heteroatoms. The maximum atomic E-state index is 15.0. The molecule has 2 aromatic carbocycles. The Morgan fingerprint density at radius 2 is 1.73 bits per heavy atom. The Morgan fingerprint density at radius 1 is 0.967 bits per heavy atom. The van der Waals surface area contributed by atoms with Crippen LogP contribution >= 0.6 is 0 Å². The van der Waals surface area contributed by atoms with Crippen LogP contribution in [0.5, 0.6) is 0 Å². The number of halogens is 4. The van der Waals surface area contributed by atoms with E-state index < -0.39 is 12.3 Å². The lowest BCUT2D eigenvalue weighted by Crippen LogP contribution is -2.36. The first kappa shape index (κ1) is 21.4. The van der Waals surface area contributed by atoms with E-state index in [-0.39, 0.29) is 18.8 Å². The van der Waals surface area contributed by atoms with Crippen LogP contribution in [0.15, 0.2) is 36.4 Å². The van der Waals surface area contributed by atoms with Crippen molar-refractivity contribution in [3.05, 3.63) is 58.9 Å². The van der Waals surface area contributed by atoms with Crippen molar-refractivity contribution >= 4 is 0 Å². The Balaban J connectivity index is 1.49. The van der Waals surface area contributed by atoms with Gasteiger partial charge in [0.1, 0.15) is 5.82 Å². The Labute approximate surface area is 175 Å². The number of ether oxygens (including phenoxy) is 1. The molecule has 30 heavy (non-hydrogen) atoms. The molecule has 0 amide bonds. The molecule has 162 valence electrons. The third kappa shape index (κ3) is 4.56. The van der Waals surface area contributed by atoms with Crippen molar-refractivity contribution in [2.45, 2.75) is 76.7 Å². The Bertz CT molecular complexity index is 881. The minimum Gasteiger partial charge on any atom is -0.364 e. The van der Waals surface area contributed by atoms with Crippen LogP contribution in [-0.4, -0.2) is 12.3 Å². The summed E-state index contributed by atoms with van der Waals surface area (Å²) in [4.78, 5) is 0. The molecule has 1 nitrogen and oxygen atoms in total. The van der Waals surface area contributed by atoms with Crippen LogP contribution in [0.1, 0.15) is 68.1 Å². The van der Waals surface area contributed by atoms with E-state index >= 15 is 0 Å². The Morgan fingerprint density at radius 3 is 2.40 bits per heavy atom. The maximum Gasteiger partial charge on any atom is 0.414 e. The average molecular weight is 420 g/mol. The number of fused-ring (bicyclic) bond motifs is 1. The maximum absolute atomic E-state index is 15.0. The van der Waals surface area contributed by atoms with Gasteiger partial charge in [-0.05, 0) is 71.9 Å². The van der Waals surface area contributed by atoms with Crippen molar-refractivity contribution in [2.75, 3.05) is 0 Å². The molecule has 0 N–H and O–H groups in total. The van der Waals surface area contributed by atoms with E-state index in [2.05, 4.69) is 6.92 Å². The van der Waals surface area contributed by atoms with Gasteiger partial charge in [0.25, 0.3) is 0 Å². The van der Waals surface area contributed by atoms with Gasteiger partial charge in [0.15, 0.2) is 6.10 Å². The lowest BCUT2D eigenvalue weighted by molar-refractivity contribution is -0.226. The third-order valence-electron chi connectivity index (χ3n) is 6.74. The van der Waals surface area contributed by atoms with Gasteiger partial charge in [-0.3, -0.25) is 0 Å². The average Bonchev–Trinajstić information content (AvgIpc) is 2.73. The highest BCUT2D eigenvalue weighted by molar-refractivity contribution is 5.66. The van der Waals surface area contributed by atoms with Gasteiger partial charge in [0.05, 0.1) is 6.61 Å². The topological polar surface area (TPSA) is 9.23 Å². The lowest BCUT2D eigenvalue weighted by atomic mass is 9.77. The fraction of sp³-hybridized carbons (Fsp3) is 0.520. The molecule has 0 bridgehead atoms. The van der Waals surface area contributed by atoms with Gasteiger partial charge in [-0.25, -0.2) is 4.39 Å². The minimum atomic E-state index is -4.37. The zero-order valence-corrected chi connectivity index (χ0v) is 17.3. The normalized spacial score (nSPS) is 24.5. The summed E-state index contributed by atoms with van der Waals surface area (Å²) < 4.78 is 58.7. The van der Waals surface area contributed by atoms with Crippen LogP contribution < -0.4 is 0 Å². The van der Waals surface area contributed by atoms with Crippen molar-refractivity contribution in [1.29, 1.82) is 0 Å². The van der Waals surface area contributed by atoms with Crippen molar-refractivity contribution < 1.29 is 22.3 Å². The molecule has 0 spiro atoms. The van der Waals surface area contributed by atoms with E-state index in [0.29, 0.717) is 28.2 Å². The molecule has 0 radical (unpaired) electrons. The smallest absolute Gasteiger partial charge is 0.364 e. The molecule has 4 rings (SSSR count). The van der Waals surface area contributed by atoms with Crippen LogP contribution in [0.3, 0.4) is 0 Å². The Hall–Kier alpha value is -1.88. The molecule has 2 aromatic rings. The molecule has 1 atom stereocenters. The van der Waals surface area contributed by atoms with Gasteiger partial charge < -0.3 is 4.74 Å². The zero-order chi connectivity index (χ0) is 21.3. The number of alkyl halides is 3. The van der Waals surface area contributed by atoms with E-state index in [1.807, 2.05) is 12.1 Å². The SMILES string of the molecule is CCCC1CCC(c2ccc(-c3ccc4c(c3)COC(C(F)(F)F)C4)c(F)c2)CC1. The fourth-order valence-corrected chi connectivity index (χ4v) is 5.00. The minimum absolute atomic E-state index is 0.103. The summed E-state index contributed by atoms with van der Waals surface area (Å²) in [5.74, 6) is 0.955. The highest BCUT2D eigenvalue weighted by Crippen LogP contribution is 2.39. The van der Waals surface area contributed by atoms with E-state index in [0.717, 1.165) is 24.3 Å². The summed E-state index contributed by atoms with van der Waals surface area (Å²) in [5.41, 5.74) is 3.54. The first-order valence-electron chi connectivity index (χ1n) is 10.9. The molecule has 1 saturated carbocycles. The number of benzene rings is 2. The molecule has 1 heterocycles. The predicted octanol–water partition coefficient (Wildman–Crippen LogP) is 7.57. The summed E-state index contributed by atoms with van der Waals surface area (Å²) in [7, 11) is 0. The largest absolute Gasteiger partial charge is 0.414 e. The van der Waals surface area contributed by atoms with Crippen LogP contribution in [0.4, 0.5) is 17.6 Å². The molecular formula is C25H28F4O. The standard InChI is InChI=1S/C25H28F4O/c1-2-3-16-4-6-17(7-5-16)18-10-11-22(23(26)13-18)20-9-8-19-14-24(25(27,28)29)30-15-21(19)12-20/h8-13,16-17,24H,2-7,14-15H2,1H3. The number of rotatable bonds is 4. The van der Waals surface area contributed by atoms with Gasteiger partial charge in [-0.15, -0.1) is 0 Å². The second-order valence-corrected chi connectivity index (χ2v) is 8.77. The summed E-state index contributed by atoms with van der Waals surface area (Å²) in [6.45, 7) is 2.12. The monoisotopic (exact) mass is 420 g/mol. The number of hydrogen-bond donors (Lipinski definition) is 0. The van der Waals surface area contributed by atoms with Crippen LogP contribution in [-0.2, 0) is 17.8 Å². The molecule has 2 aliphatic rings. The molecule has 0 saturated heterocycles. The summed E-state index contributed by atoms with van der Waals surface area (Å²) in [5, 5.41) is 0. The third-order valence-corrected chi connectivity index (χ3v) is 6.74. The van der Waals surface area contributed by atoms with Crippen molar-refractivity contribution in [2.24, 2.45) is 5.92 Å².